The smallest absolute Gasteiger partial charge is 0.291 e. The molecule has 142 valence electrons. The van der Waals surface area contributed by atoms with Gasteiger partial charge in [0, 0.05) is 23.3 Å². The number of ether oxygens (including phenoxy) is 1. The van der Waals surface area contributed by atoms with Gasteiger partial charge in [-0.15, -0.1) is 0 Å². The van der Waals surface area contributed by atoms with Crippen LogP contribution in [0.2, 0.25) is 0 Å². The molecule has 5 aromatic rings. The quantitative estimate of drug-likeness (QED) is 0.474. The fraction of sp³-hybridized carbons (Fsp3) is 0.0435. The number of aromatic nitrogens is 2. The lowest BCUT2D eigenvalue weighted by molar-refractivity contribution is 0.0998. The van der Waals surface area contributed by atoms with Crippen molar-refractivity contribution in [1.29, 1.82) is 0 Å². The third kappa shape index (κ3) is 3.00. The number of fused-ring (bicyclic) bond motifs is 2. The summed E-state index contributed by atoms with van der Waals surface area (Å²) in [7, 11) is 1.57. The zero-order chi connectivity index (χ0) is 19.8. The highest BCUT2D eigenvalue weighted by Crippen LogP contribution is 2.31. The Morgan fingerprint density at radius 2 is 1.93 bits per heavy atom. The summed E-state index contributed by atoms with van der Waals surface area (Å²) in [5.41, 5.74) is 3.66. The first kappa shape index (κ1) is 17.1. The number of hydrogen-bond donors (Lipinski definition) is 1. The minimum Gasteiger partial charge on any atom is -0.493 e. The zero-order valence-electron chi connectivity index (χ0n) is 15.6. The van der Waals surface area contributed by atoms with Crippen LogP contribution in [0.3, 0.4) is 0 Å². The van der Waals surface area contributed by atoms with Crippen LogP contribution < -0.4 is 10.1 Å². The van der Waals surface area contributed by atoms with Crippen molar-refractivity contribution < 1.29 is 13.9 Å². The summed E-state index contributed by atoms with van der Waals surface area (Å²) < 4.78 is 13.0. The summed E-state index contributed by atoms with van der Waals surface area (Å²) in [6.07, 6.45) is 3.88. The summed E-state index contributed by atoms with van der Waals surface area (Å²) in [5, 5.41) is 3.75. The Bertz CT molecular complexity index is 1320. The average molecular weight is 383 g/mol. The van der Waals surface area contributed by atoms with Gasteiger partial charge in [-0.2, -0.15) is 0 Å². The lowest BCUT2D eigenvalue weighted by atomic mass is 10.1. The Balaban J connectivity index is 1.50. The standard InChI is InChI=1S/C23H17N3O3/c1-28-19-10-6-7-15-13-20(29-22(15)19)23(27)25-17-9-3-2-8-16(17)18-14-26-12-5-4-11-21(26)24-18/h2-14H,1H3,(H,25,27). The molecule has 6 nitrogen and oxygen atoms in total. The first-order valence-corrected chi connectivity index (χ1v) is 9.14. The van der Waals surface area contributed by atoms with Crippen molar-refractivity contribution in [3.05, 3.63) is 84.9 Å². The molecule has 0 bridgehead atoms. The molecule has 0 saturated heterocycles. The van der Waals surface area contributed by atoms with Crippen molar-refractivity contribution in [3.8, 4) is 17.0 Å². The van der Waals surface area contributed by atoms with E-state index in [4.69, 9.17) is 9.15 Å². The molecule has 1 N–H and O–H groups in total. The number of imidazole rings is 1. The molecule has 3 heterocycles. The molecule has 0 unspecified atom stereocenters. The van der Waals surface area contributed by atoms with E-state index in [-0.39, 0.29) is 11.7 Å². The lowest BCUT2D eigenvalue weighted by Crippen LogP contribution is -2.11. The van der Waals surface area contributed by atoms with E-state index in [0.717, 1.165) is 22.3 Å². The minimum absolute atomic E-state index is 0.217. The van der Waals surface area contributed by atoms with Gasteiger partial charge in [-0.25, -0.2) is 4.98 Å². The monoisotopic (exact) mass is 383 g/mol. The largest absolute Gasteiger partial charge is 0.493 e. The highest BCUT2D eigenvalue weighted by atomic mass is 16.5. The fourth-order valence-corrected chi connectivity index (χ4v) is 3.37. The van der Waals surface area contributed by atoms with E-state index in [9.17, 15) is 4.79 Å². The Morgan fingerprint density at radius 3 is 2.79 bits per heavy atom. The molecule has 0 atom stereocenters. The second-order valence-corrected chi connectivity index (χ2v) is 6.58. The molecular weight excluding hydrogens is 366 g/mol. The second-order valence-electron chi connectivity index (χ2n) is 6.58. The normalized spacial score (nSPS) is 11.1. The maximum absolute atomic E-state index is 12.9. The zero-order valence-corrected chi connectivity index (χ0v) is 15.6. The number of para-hydroxylation sites is 2. The Hall–Kier alpha value is -4.06. The van der Waals surface area contributed by atoms with Gasteiger partial charge in [0.15, 0.2) is 17.1 Å². The van der Waals surface area contributed by atoms with Crippen LogP contribution in [-0.2, 0) is 0 Å². The number of carbonyl (C=O) groups excluding carboxylic acids is 1. The summed E-state index contributed by atoms with van der Waals surface area (Å²) in [6, 6.07) is 20.6. The molecule has 29 heavy (non-hydrogen) atoms. The molecule has 0 aliphatic rings. The molecule has 0 aliphatic carbocycles. The van der Waals surface area contributed by atoms with Gasteiger partial charge in [0.05, 0.1) is 18.5 Å². The number of anilines is 1. The summed E-state index contributed by atoms with van der Waals surface area (Å²) in [5.74, 6) is 0.473. The number of carbonyl (C=O) groups is 1. The number of furan rings is 1. The molecule has 3 aromatic heterocycles. The molecule has 1 amide bonds. The molecule has 0 spiro atoms. The van der Waals surface area contributed by atoms with Crippen LogP contribution in [0.25, 0.3) is 27.9 Å². The third-order valence-electron chi connectivity index (χ3n) is 4.77. The van der Waals surface area contributed by atoms with Crippen molar-refractivity contribution in [3.63, 3.8) is 0 Å². The molecule has 0 aliphatic heterocycles. The minimum atomic E-state index is -0.334. The van der Waals surface area contributed by atoms with Crippen LogP contribution in [0.4, 0.5) is 5.69 Å². The highest BCUT2D eigenvalue weighted by Gasteiger charge is 2.17. The lowest BCUT2D eigenvalue weighted by Gasteiger charge is -2.08. The molecule has 0 radical (unpaired) electrons. The number of hydrogen-bond acceptors (Lipinski definition) is 4. The maximum atomic E-state index is 12.9. The number of benzene rings is 2. The van der Waals surface area contributed by atoms with E-state index in [2.05, 4.69) is 10.3 Å². The predicted octanol–water partition coefficient (Wildman–Crippen LogP) is 5.01. The van der Waals surface area contributed by atoms with Gasteiger partial charge >= 0.3 is 0 Å². The Kier molecular flexibility index (Phi) is 4.02. The van der Waals surface area contributed by atoms with Crippen molar-refractivity contribution >= 4 is 28.2 Å². The molecule has 0 saturated carbocycles. The summed E-state index contributed by atoms with van der Waals surface area (Å²) in [6.45, 7) is 0. The van der Waals surface area contributed by atoms with Gasteiger partial charge < -0.3 is 18.9 Å². The van der Waals surface area contributed by atoms with Crippen LogP contribution in [0.1, 0.15) is 10.6 Å². The maximum Gasteiger partial charge on any atom is 0.291 e. The van der Waals surface area contributed by atoms with Gasteiger partial charge in [-0.1, -0.05) is 36.4 Å². The van der Waals surface area contributed by atoms with Crippen molar-refractivity contribution in [2.24, 2.45) is 0 Å². The van der Waals surface area contributed by atoms with Crippen molar-refractivity contribution in [2.45, 2.75) is 0 Å². The fourth-order valence-electron chi connectivity index (χ4n) is 3.37. The van der Waals surface area contributed by atoms with Gasteiger partial charge in [0.2, 0.25) is 0 Å². The first-order chi connectivity index (χ1) is 14.2. The molecule has 6 heteroatoms. The van der Waals surface area contributed by atoms with E-state index < -0.39 is 0 Å². The first-order valence-electron chi connectivity index (χ1n) is 9.14. The van der Waals surface area contributed by atoms with Crippen LogP contribution in [-0.4, -0.2) is 22.4 Å². The van der Waals surface area contributed by atoms with Crippen LogP contribution in [0.5, 0.6) is 5.75 Å². The van der Waals surface area contributed by atoms with E-state index in [1.165, 1.54) is 0 Å². The van der Waals surface area contributed by atoms with Gasteiger partial charge in [0.1, 0.15) is 5.65 Å². The van der Waals surface area contributed by atoms with Gasteiger partial charge in [-0.3, -0.25) is 4.79 Å². The SMILES string of the molecule is COc1cccc2cc(C(=O)Nc3ccccc3-c3cn4ccccc4n3)oc12. The Labute approximate surface area is 166 Å². The van der Waals surface area contributed by atoms with Crippen molar-refractivity contribution in [2.75, 3.05) is 12.4 Å². The Morgan fingerprint density at radius 1 is 1.07 bits per heavy atom. The number of nitrogens with one attached hydrogen (secondary N) is 1. The van der Waals surface area contributed by atoms with Crippen LogP contribution in [0.15, 0.2) is 83.5 Å². The third-order valence-corrected chi connectivity index (χ3v) is 4.77. The highest BCUT2D eigenvalue weighted by molar-refractivity contribution is 6.06. The molecule has 2 aromatic carbocycles. The average Bonchev–Trinajstić information content (AvgIpc) is 3.38. The van der Waals surface area contributed by atoms with Crippen molar-refractivity contribution in [1.82, 2.24) is 9.38 Å². The van der Waals surface area contributed by atoms with Gasteiger partial charge in [0.25, 0.3) is 5.91 Å². The molecular formula is C23H17N3O3. The molecule has 5 rings (SSSR count). The van der Waals surface area contributed by atoms with Crippen LogP contribution >= 0.6 is 0 Å². The number of amides is 1. The number of rotatable bonds is 4. The topological polar surface area (TPSA) is 68.8 Å². The van der Waals surface area contributed by atoms with E-state index >= 15 is 0 Å². The van der Waals surface area contributed by atoms with Gasteiger partial charge in [-0.05, 0) is 30.3 Å². The van der Waals surface area contributed by atoms with E-state index in [1.807, 2.05) is 71.4 Å². The number of nitrogens with zero attached hydrogens (tertiary/aromatic N) is 2. The van der Waals surface area contributed by atoms with E-state index in [0.29, 0.717) is 17.0 Å². The molecule has 0 fully saturated rings. The summed E-state index contributed by atoms with van der Waals surface area (Å²) in [4.78, 5) is 17.5. The predicted molar refractivity (Wildman–Crippen MR) is 111 cm³/mol. The number of methoxy groups -OCH3 is 1. The van der Waals surface area contributed by atoms with Crippen LogP contribution in [0, 0.1) is 0 Å². The second kappa shape index (κ2) is 6.83. The van der Waals surface area contributed by atoms with E-state index in [1.54, 1.807) is 19.2 Å². The number of pyridine rings is 1. The summed E-state index contributed by atoms with van der Waals surface area (Å²) >= 11 is 0.